The Balaban J connectivity index is 1.82. The quantitative estimate of drug-likeness (QED) is 0.131. The first kappa shape index (κ1) is 31.7. The van der Waals surface area contributed by atoms with Crippen LogP contribution in [0.3, 0.4) is 0 Å². The Hall–Kier alpha value is -3.84. The zero-order chi connectivity index (χ0) is 29.9. The first-order chi connectivity index (χ1) is 19.6. The fraction of sp³-hybridized carbons (Fsp3) is 0.464. The lowest BCUT2D eigenvalue weighted by molar-refractivity contribution is -0.142. The molecule has 2 aromatic heterocycles. The van der Waals surface area contributed by atoms with Crippen molar-refractivity contribution in [1.82, 2.24) is 30.9 Å². The maximum absolute atomic E-state index is 13.7. The number of carbonyl (C=O) groups excluding carboxylic acids is 3. The van der Waals surface area contributed by atoms with Gasteiger partial charge in [0.25, 0.3) is 0 Å². The molecule has 0 saturated heterocycles. The summed E-state index contributed by atoms with van der Waals surface area (Å²) in [6.45, 7) is 3.66. The number of nitrogens with two attached hydrogens (primary N) is 1. The van der Waals surface area contributed by atoms with E-state index in [0.29, 0.717) is 24.3 Å². The van der Waals surface area contributed by atoms with Crippen molar-refractivity contribution in [1.29, 1.82) is 0 Å². The Kier molecular flexibility index (Phi) is 11.8. The van der Waals surface area contributed by atoms with Gasteiger partial charge in [0.15, 0.2) is 0 Å². The predicted octanol–water partition coefficient (Wildman–Crippen LogP) is 1.34. The second-order valence-corrected chi connectivity index (χ2v) is 11.1. The number of aromatic nitrogens is 3. The monoisotopic (exact) mass is 585 g/mol. The Labute approximate surface area is 243 Å². The molecule has 41 heavy (non-hydrogen) atoms. The number of hydrogen-bond donors (Lipinski definition) is 7. The van der Waals surface area contributed by atoms with Gasteiger partial charge in [-0.1, -0.05) is 38.5 Å². The first-order valence-electron chi connectivity index (χ1n) is 13.5. The molecule has 1 aromatic carbocycles. The number of amides is 3. The van der Waals surface area contributed by atoms with Crippen LogP contribution in [0.4, 0.5) is 0 Å². The molecule has 0 saturated carbocycles. The molecule has 13 heteroatoms. The number of thioether (sulfide) groups is 1. The van der Waals surface area contributed by atoms with Crippen LogP contribution in [0.25, 0.3) is 10.9 Å². The van der Waals surface area contributed by atoms with Crippen LogP contribution < -0.4 is 21.7 Å². The number of fused-ring (bicyclic) bond motifs is 1. The van der Waals surface area contributed by atoms with Crippen LogP contribution in [0.2, 0.25) is 0 Å². The van der Waals surface area contributed by atoms with Crippen molar-refractivity contribution in [2.45, 2.75) is 63.7 Å². The molecule has 5 atom stereocenters. The van der Waals surface area contributed by atoms with Gasteiger partial charge in [-0.2, -0.15) is 11.8 Å². The molecule has 3 amide bonds. The van der Waals surface area contributed by atoms with E-state index in [0.717, 1.165) is 16.5 Å². The summed E-state index contributed by atoms with van der Waals surface area (Å²) < 4.78 is 0. The van der Waals surface area contributed by atoms with E-state index >= 15 is 0 Å². The number of carboxylic acids is 1. The van der Waals surface area contributed by atoms with Crippen molar-refractivity contribution >= 4 is 46.4 Å². The summed E-state index contributed by atoms with van der Waals surface area (Å²) in [4.78, 5) is 61.8. The highest BCUT2D eigenvalue weighted by Gasteiger charge is 2.33. The summed E-state index contributed by atoms with van der Waals surface area (Å²) in [7, 11) is 0. The highest BCUT2D eigenvalue weighted by atomic mass is 32.2. The largest absolute Gasteiger partial charge is 0.480 e. The SMILES string of the molecule is CCC(C)C(NC(=O)C(Cc1c[nH]c2ccccc12)NC(=O)C(N)CCSC)C(=O)NC(Cc1cnc[nH]1)C(=O)O. The third-order valence-corrected chi connectivity index (χ3v) is 7.73. The molecule has 3 aromatic rings. The van der Waals surface area contributed by atoms with E-state index in [2.05, 4.69) is 30.9 Å². The molecule has 8 N–H and O–H groups in total. The second kappa shape index (κ2) is 15.2. The zero-order valence-electron chi connectivity index (χ0n) is 23.5. The summed E-state index contributed by atoms with van der Waals surface area (Å²) in [5.41, 5.74) is 8.33. The van der Waals surface area contributed by atoms with Gasteiger partial charge < -0.3 is 36.8 Å². The number of imidazole rings is 1. The molecule has 0 aliphatic rings. The number of nitrogens with one attached hydrogen (secondary N) is 5. The fourth-order valence-corrected chi connectivity index (χ4v) is 4.91. The minimum atomic E-state index is -1.23. The zero-order valence-corrected chi connectivity index (χ0v) is 24.3. The molecule has 0 aliphatic heterocycles. The Bertz CT molecular complexity index is 1310. The number of aromatic amines is 2. The molecule has 0 bridgehead atoms. The van der Waals surface area contributed by atoms with Gasteiger partial charge in [0, 0.05) is 41.8 Å². The first-order valence-corrected chi connectivity index (χ1v) is 14.9. The number of carboxylic acid groups (broad SMARTS) is 1. The number of benzene rings is 1. The van der Waals surface area contributed by atoms with Gasteiger partial charge in [-0.25, -0.2) is 9.78 Å². The van der Waals surface area contributed by atoms with E-state index in [-0.39, 0.29) is 18.8 Å². The number of aliphatic carboxylic acids is 1. The van der Waals surface area contributed by atoms with Crippen LogP contribution >= 0.6 is 11.8 Å². The van der Waals surface area contributed by atoms with Gasteiger partial charge in [0.05, 0.1) is 12.4 Å². The van der Waals surface area contributed by atoms with Crippen LogP contribution in [0.15, 0.2) is 43.0 Å². The summed E-state index contributed by atoms with van der Waals surface area (Å²) in [6, 6.07) is 3.52. The molecule has 0 spiro atoms. The number of H-pyrrole nitrogens is 2. The van der Waals surface area contributed by atoms with Crippen LogP contribution in [0.5, 0.6) is 0 Å². The van der Waals surface area contributed by atoms with E-state index in [4.69, 9.17) is 5.73 Å². The number of carbonyl (C=O) groups is 4. The lowest BCUT2D eigenvalue weighted by Gasteiger charge is -2.28. The summed E-state index contributed by atoms with van der Waals surface area (Å²) in [6.07, 6.45) is 7.75. The molecule has 0 radical (unpaired) electrons. The molecule has 0 aliphatic carbocycles. The minimum Gasteiger partial charge on any atom is -0.480 e. The van der Waals surface area contributed by atoms with Gasteiger partial charge in [-0.3, -0.25) is 14.4 Å². The van der Waals surface area contributed by atoms with Crippen LogP contribution in [-0.2, 0) is 32.0 Å². The minimum absolute atomic E-state index is 0.00454. The standard InChI is InChI=1S/C28H39N7O5S/c1-4-16(2)24(27(38)34-23(28(39)40)12-18-14-30-15-32-18)35-26(37)22(33-25(36)20(29)9-10-41-3)11-17-13-31-21-8-6-5-7-19(17)21/h5-8,13-16,20,22-24,31H,4,9-12,29H2,1-3H3,(H,30,32)(H,33,36)(H,34,38)(H,35,37)(H,39,40). The van der Waals surface area contributed by atoms with Crippen molar-refractivity contribution < 1.29 is 24.3 Å². The van der Waals surface area contributed by atoms with Crippen LogP contribution in [0.1, 0.15) is 37.9 Å². The second-order valence-electron chi connectivity index (χ2n) is 10.1. The average Bonchev–Trinajstić information content (AvgIpc) is 3.63. The van der Waals surface area contributed by atoms with Crippen LogP contribution in [0, 0.1) is 5.92 Å². The summed E-state index contributed by atoms with van der Waals surface area (Å²) in [5.74, 6) is -2.52. The molecule has 12 nitrogen and oxygen atoms in total. The lowest BCUT2D eigenvalue weighted by atomic mass is 9.96. The normalized spacial score (nSPS) is 14.9. The Morgan fingerprint density at radius 1 is 1.02 bits per heavy atom. The Morgan fingerprint density at radius 2 is 1.76 bits per heavy atom. The average molecular weight is 586 g/mol. The van der Waals surface area contributed by atoms with Gasteiger partial charge in [-0.05, 0) is 36.0 Å². The van der Waals surface area contributed by atoms with Crippen molar-refractivity contribution in [3.63, 3.8) is 0 Å². The van der Waals surface area contributed by atoms with Crippen molar-refractivity contribution in [3.8, 4) is 0 Å². The van der Waals surface area contributed by atoms with Crippen molar-refractivity contribution in [2.24, 2.45) is 11.7 Å². The highest BCUT2D eigenvalue weighted by Crippen LogP contribution is 2.20. The fourth-order valence-electron chi connectivity index (χ4n) is 4.42. The maximum atomic E-state index is 13.7. The van der Waals surface area contributed by atoms with Gasteiger partial charge in [-0.15, -0.1) is 0 Å². The number of hydrogen-bond acceptors (Lipinski definition) is 7. The molecule has 0 fully saturated rings. The van der Waals surface area contributed by atoms with Crippen molar-refractivity contribution in [3.05, 3.63) is 54.2 Å². The third kappa shape index (κ3) is 8.82. The smallest absolute Gasteiger partial charge is 0.326 e. The van der Waals surface area contributed by atoms with E-state index in [1.807, 2.05) is 37.4 Å². The number of nitrogens with zero attached hydrogens (tertiary/aromatic N) is 1. The van der Waals surface area contributed by atoms with Gasteiger partial charge >= 0.3 is 5.97 Å². The van der Waals surface area contributed by atoms with Gasteiger partial charge in [0.2, 0.25) is 17.7 Å². The van der Waals surface area contributed by atoms with E-state index in [9.17, 15) is 24.3 Å². The molecule has 5 unspecified atom stereocenters. The summed E-state index contributed by atoms with van der Waals surface area (Å²) >= 11 is 1.57. The number of rotatable bonds is 16. The van der Waals surface area contributed by atoms with E-state index < -0.39 is 47.9 Å². The number of para-hydroxylation sites is 1. The Morgan fingerprint density at radius 3 is 2.41 bits per heavy atom. The molecule has 222 valence electrons. The molecular formula is C28H39N7O5S. The summed E-state index contributed by atoms with van der Waals surface area (Å²) in [5, 5.41) is 18.7. The van der Waals surface area contributed by atoms with Gasteiger partial charge in [0.1, 0.15) is 18.1 Å². The molecule has 3 rings (SSSR count). The lowest BCUT2D eigenvalue weighted by Crippen LogP contribution is -2.59. The van der Waals surface area contributed by atoms with Crippen LogP contribution in [-0.4, -0.2) is 79.9 Å². The molecule has 2 heterocycles. The third-order valence-electron chi connectivity index (χ3n) is 7.09. The van der Waals surface area contributed by atoms with Crippen molar-refractivity contribution in [2.75, 3.05) is 12.0 Å². The predicted molar refractivity (Wildman–Crippen MR) is 158 cm³/mol. The highest BCUT2D eigenvalue weighted by molar-refractivity contribution is 7.98. The van der Waals surface area contributed by atoms with E-state index in [1.54, 1.807) is 24.9 Å². The molecular weight excluding hydrogens is 546 g/mol. The topological polar surface area (TPSA) is 195 Å². The van der Waals surface area contributed by atoms with E-state index in [1.165, 1.54) is 12.5 Å². The maximum Gasteiger partial charge on any atom is 0.326 e.